The van der Waals surface area contributed by atoms with E-state index in [1.807, 2.05) is 0 Å². The molecular weight excluding hydrogens is 370 g/mol. The van der Waals surface area contributed by atoms with Crippen LogP contribution in [0.1, 0.15) is 33.6 Å². The number of carbonyl (C=O) groups excluding carboxylic acids is 2. The first-order chi connectivity index (χ1) is 14.0. The number of primary amides is 1. The van der Waals surface area contributed by atoms with E-state index < -0.39 is 5.91 Å². The first-order valence-corrected chi connectivity index (χ1v) is 9.67. The summed E-state index contributed by atoms with van der Waals surface area (Å²) in [5.74, 6) is 0.585. The first-order valence-electron chi connectivity index (χ1n) is 9.67. The van der Waals surface area contributed by atoms with Gasteiger partial charge in [0.15, 0.2) is 0 Å². The van der Waals surface area contributed by atoms with Crippen LogP contribution in [0.5, 0.6) is 11.5 Å². The summed E-state index contributed by atoms with van der Waals surface area (Å²) < 4.78 is 11.1. The minimum Gasteiger partial charge on any atom is -0.457 e. The van der Waals surface area contributed by atoms with Crippen LogP contribution >= 0.6 is 0 Å². The van der Waals surface area contributed by atoms with Gasteiger partial charge in [-0.1, -0.05) is 0 Å². The molecule has 154 valence electrons. The van der Waals surface area contributed by atoms with Crippen molar-refractivity contribution in [3.05, 3.63) is 59.7 Å². The average Bonchev–Trinajstić information content (AvgIpc) is 2.74. The molecule has 1 heterocycles. The highest BCUT2D eigenvalue weighted by molar-refractivity contribution is 5.94. The summed E-state index contributed by atoms with van der Waals surface area (Å²) in [5.41, 5.74) is 6.21. The molecule has 7 heteroatoms. The second kappa shape index (κ2) is 9.54. The number of hydrogen-bond acceptors (Lipinski definition) is 5. The van der Waals surface area contributed by atoms with Crippen LogP contribution in [-0.4, -0.2) is 45.2 Å². The minimum absolute atomic E-state index is 0.0181. The Labute approximate surface area is 170 Å². The largest absolute Gasteiger partial charge is 0.457 e. The van der Waals surface area contributed by atoms with Crippen molar-refractivity contribution in [1.29, 1.82) is 0 Å². The Bertz CT molecular complexity index is 823. The molecule has 4 N–H and O–H groups in total. The number of rotatable bonds is 8. The highest BCUT2D eigenvalue weighted by atomic mass is 16.5. The van der Waals surface area contributed by atoms with Gasteiger partial charge >= 0.3 is 0 Å². The van der Waals surface area contributed by atoms with Crippen molar-refractivity contribution < 1.29 is 19.1 Å². The van der Waals surface area contributed by atoms with Crippen molar-refractivity contribution in [3.63, 3.8) is 0 Å². The van der Waals surface area contributed by atoms with Gasteiger partial charge in [-0.15, -0.1) is 0 Å². The second-order valence-corrected chi connectivity index (χ2v) is 7.38. The van der Waals surface area contributed by atoms with Crippen LogP contribution in [0.25, 0.3) is 0 Å². The Hall–Kier alpha value is -2.90. The molecule has 0 atom stereocenters. The number of nitrogens with one attached hydrogen (secondary N) is 2. The molecule has 2 amide bonds. The third kappa shape index (κ3) is 5.56. The number of nitrogens with two attached hydrogens (primary N) is 1. The first kappa shape index (κ1) is 20.8. The molecule has 1 fully saturated rings. The SMILES string of the molecule is COCC1(CNC(=O)c2ccc(Oc3ccc(C(N)=O)cc3)cc2)CCNCC1. The maximum atomic E-state index is 12.6. The van der Waals surface area contributed by atoms with E-state index in [-0.39, 0.29) is 11.3 Å². The van der Waals surface area contributed by atoms with Crippen LogP contribution in [0.4, 0.5) is 0 Å². The molecule has 0 aliphatic carbocycles. The van der Waals surface area contributed by atoms with Crippen LogP contribution in [0.2, 0.25) is 0 Å². The summed E-state index contributed by atoms with van der Waals surface area (Å²) in [6.45, 7) is 3.10. The van der Waals surface area contributed by atoms with Crippen LogP contribution in [0.15, 0.2) is 48.5 Å². The number of benzene rings is 2. The van der Waals surface area contributed by atoms with Gasteiger partial charge in [-0.05, 0) is 74.5 Å². The molecule has 0 saturated carbocycles. The van der Waals surface area contributed by atoms with E-state index in [2.05, 4.69) is 10.6 Å². The van der Waals surface area contributed by atoms with Crippen LogP contribution in [0.3, 0.4) is 0 Å². The molecule has 7 nitrogen and oxygen atoms in total. The predicted molar refractivity (Wildman–Crippen MR) is 110 cm³/mol. The molecule has 0 radical (unpaired) electrons. The zero-order valence-electron chi connectivity index (χ0n) is 16.6. The highest BCUT2D eigenvalue weighted by Crippen LogP contribution is 2.28. The molecule has 29 heavy (non-hydrogen) atoms. The maximum absolute atomic E-state index is 12.6. The van der Waals surface area contributed by atoms with E-state index in [0.717, 1.165) is 25.9 Å². The smallest absolute Gasteiger partial charge is 0.251 e. The van der Waals surface area contributed by atoms with Gasteiger partial charge in [0.2, 0.25) is 5.91 Å². The third-order valence-electron chi connectivity index (χ3n) is 5.23. The van der Waals surface area contributed by atoms with E-state index in [4.69, 9.17) is 15.2 Å². The lowest BCUT2D eigenvalue weighted by Gasteiger charge is -2.37. The molecule has 3 rings (SSSR count). The van der Waals surface area contributed by atoms with Gasteiger partial charge in [0.25, 0.3) is 5.91 Å². The molecule has 2 aromatic carbocycles. The van der Waals surface area contributed by atoms with Gasteiger partial charge in [0, 0.05) is 30.2 Å². The molecule has 2 aromatic rings. The molecule has 0 spiro atoms. The van der Waals surface area contributed by atoms with E-state index in [9.17, 15) is 9.59 Å². The lowest BCUT2D eigenvalue weighted by Crippen LogP contribution is -2.47. The zero-order valence-corrected chi connectivity index (χ0v) is 16.6. The van der Waals surface area contributed by atoms with E-state index in [1.54, 1.807) is 55.6 Å². The lowest BCUT2D eigenvalue weighted by molar-refractivity contribution is 0.0511. The second-order valence-electron chi connectivity index (χ2n) is 7.38. The van der Waals surface area contributed by atoms with E-state index >= 15 is 0 Å². The Morgan fingerprint density at radius 3 is 2.07 bits per heavy atom. The van der Waals surface area contributed by atoms with Gasteiger partial charge in [-0.2, -0.15) is 0 Å². The summed E-state index contributed by atoms with van der Waals surface area (Å²) >= 11 is 0. The van der Waals surface area contributed by atoms with Gasteiger partial charge in [0.1, 0.15) is 11.5 Å². The normalized spacial score (nSPS) is 15.5. The van der Waals surface area contributed by atoms with Crippen molar-refractivity contribution in [2.75, 3.05) is 33.4 Å². The monoisotopic (exact) mass is 397 g/mol. The average molecular weight is 397 g/mol. The Balaban J connectivity index is 1.57. The number of ether oxygens (including phenoxy) is 2. The molecule has 1 saturated heterocycles. The van der Waals surface area contributed by atoms with Crippen molar-refractivity contribution in [1.82, 2.24) is 10.6 Å². The fourth-order valence-corrected chi connectivity index (χ4v) is 3.50. The lowest BCUT2D eigenvalue weighted by atomic mass is 9.79. The Morgan fingerprint density at radius 1 is 1.00 bits per heavy atom. The quantitative estimate of drug-likeness (QED) is 0.634. The minimum atomic E-state index is -0.483. The van der Waals surface area contributed by atoms with Crippen LogP contribution < -0.4 is 21.1 Å². The standard InChI is InChI=1S/C22H27N3O4/c1-28-15-22(10-12-24-13-11-22)14-25-21(27)17-4-8-19(9-5-17)29-18-6-2-16(3-7-18)20(23)26/h2-9,24H,10-15H2,1H3,(H2,23,26)(H,25,27). The molecule has 1 aliphatic heterocycles. The number of piperidine rings is 1. The van der Waals surface area contributed by atoms with Gasteiger partial charge in [-0.3, -0.25) is 9.59 Å². The molecule has 0 unspecified atom stereocenters. The Morgan fingerprint density at radius 2 is 1.55 bits per heavy atom. The van der Waals surface area contributed by atoms with Crippen molar-refractivity contribution >= 4 is 11.8 Å². The number of carbonyl (C=O) groups is 2. The van der Waals surface area contributed by atoms with E-state index in [1.165, 1.54) is 0 Å². The third-order valence-corrected chi connectivity index (χ3v) is 5.23. The number of methoxy groups -OCH3 is 1. The molecular formula is C22H27N3O4. The summed E-state index contributed by atoms with van der Waals surface area (Å²) in [6, 6.07) is 13.5. The highest BCUT2D eigenvalue weighted by Gasteiger charge is 2.32. The summed E-state index contributed by atoms with van der Waals surface area (Å²) in [7, 11) is 1.70. The topological polar surface area (TPSA) is 103 Å². The molecule has 0 aromatic heterocycles. The zero-order chi connectivity index (χ0) is 20.7. The molecule has 1 aliphatic rings. The Kier molecular flexibility index (Phi) is 6.85. The fraction of sp³-hybridized carbons (Fsp3) is 0.364. The van der Waals surface area contributed by atoms with Crippen LogP contribution in [-0.2, 0) is 4.74 Å². The van der Waals surface area contributed by atoms with Crippen LogP contribution in [0, 0.1) is 5.41 Å². The van der Waals surface area contributed by atoms with Crippen molar-refractivity contribution in [3.8, 4) is 11.5 Å². The van der Waals surface area contributed by atoms with Gasteiger partial charge < -0.3 is 25.8 Å². The molecule has 0 bridgehead atoms. The summed E-state index contributed by atoms with van der Waals surface area (Å²) in [5, 5.41) is 6.40. The maximum Gasteiger partial charge on any atom is 0.251 e. The fourth-order valence-electron chi connectivity index (χ4n) is 3.50. The van der Waals surface area contributed by atoms with Crippen molar-refractivity contribution in [2.45, 2.75) is 12.8 Å². The van der Waals surface area contributed by atoms with Crippen molar-refractivity contribution in [2.24, 2.45) is 11.1 Å². The van der Waals surface area contributed by atoms with Gasteiger partial charge in [-0.25, -0.2) is 0 Å². The summed E-state index contributed by atoms with van der Waals surface area (Å²) in [4.78, 5) is 23.7. The summed E-state index contributed by atoms with van der Waals surface area (Å²) in [6.07, 6.45) is 1.95. The van der Waals surface area contributed by atoms with Gasteiger partial charge in [0.05, 0.1) is 6.61 Å². The van der Waals surface area contributed by atoms with E-state index in [0.29, 0.717) is 35.8 Å². The predicted octanol–water partition coefficient (Wildman–Crippen LogP) is 2.32. The number of hydrogen-bond donors (Lipinski definition) is 3. The number of amides is 2.